The largest absolute Gasteiger partial charge is 0.465 e. The van der Waals surface area contributed by atoms with Gasteiger partial charge < -0.3 is 9.47 Å². The molecule has 0 aliphatic heterocycles. The van der Waals surface area contributed by atoms with Crippen molar-refractivity contribution in [2.45, 2.75) is 31.5 Å². The Morgan fingerprint density at radius 2 is 1.79 bits per heavy atom. The fraction of sp³-hybridized carbons (Fsp3) is 0.300. The number of ether oxygens (including phenoxy) is 2. The first kappa shape index (κ1) is 19.7. The molecule has 0 aromatic heterocycles. The molecule has 0 unspecified atom stereocenters. The number of benzene rings is 2. The Morgan fingerprint density at radius 1 is 1.11 bits per heavy atom. The maximum Gasteiger partial charge on any atom is 0.418 e. The van der Waals surface area contributed by atoms with Crippen LogP contribution in [0.5, 0.6) is 0 Å². The second-order valence-electron chi connectivity index (χ2n) is 6.47. The van der Waals surface area contributed by atoms with Gasteiger partial charge in [-0.25, -0.2) is 9.59 Å². The van der Waals surface area contributed by atoms with Crippen molar-refractivity contribution in [1.82, 2.24) is 0 Å². The average Bonchev–Trinajstić information content (AvgIpc) is 3.51. The van der Waals surface area contributed by atoms with E-state index in [1.54, 1.807) is 0 Å². The van der Waals surface area contributed by atoms with Crippen LogP contribution < -0.4 is 5.32 Å². The summed E-state index contributed by atoms with van der Waals surface area (Å²) in [6.07, 6.45) is -3.45. The number of methoxy groups -OCH3 is 1. The van der Waals surface area contributed by atoms with E-state index in [-0.39, 0.29) is 12.2 Å². The highest BCUT2D eigenvalue weighted by Gasteiger charge is 2.35. The summed E-state index contributed by atoms with van der Waals surface area (Å²) in [5, 5.41) is 2.08. The van der Waals surface area contributed by atoms with Gasteiger partial charge in [-0.05, 0) is 48.1 Å². The van der Waals surface area contributed by atoms with E-state index >= 15 is 0 Å². The Balaban J connectivity index is 1.66. The Hall–Kier alpha value is -3.03. The predicted octanol–water partition coefficient (Wildman–Crippen LogP) is 5.12. The molecule has 1 N–H and O–H groups in total. The van der Waals surface area contributed by atoms with Crippen molar-refractivity contribution in [3.63, 3.8) is 0 Å². The molecule has 1 amide bonds. The topological polar surface area (TPSA) is 64.6 Å². The van der Waals surface area contributed by atoms with Gasteiger partial charge >= 0.3 is 18.2 Å². The molecule has 1 fully saturated rings. The first-order chi connectivity index (χ1) is 13.3. The highest BCUT2D eigenvalue weighted by atomic mass is 19.4. The van der Waals surface area contributed by atoms with Crippen LogP contribution in [0.25, 0.3) is 0 Å². The first-order valence-electron chi connectivity index (χ1n) is 8.60. The maximum absolute atomic E-state index is 13.3. The van der Waals surface area contributed by atoms with E-state index < -0.39 is 29.5 Å². The summed E-state index contributed by atoms with van der Waals surface area (Å²) in [6, 6.07) is 10.3. The maximum atomic E-state index is 13.3. The number of amides is 1. The Labute approximate surface area is 159 Å². The molecule has 0 heterocycles. The van der Waals surface area contributed by atoms with Crippen LogP contribution in [0.3, 0.4) is 0 Å². The van der Waals surface area contributed by atoms with Gasteiger partial charge in [-0.2, -0.15) is 13.2 Å². The van der Waals surface area contributed by atoms with Crippen LogP contribution in [0.15, 0.2) is 42.5 Å². The lowest BCUT2D eigenvalue weighted by Crippen LogP contribution is -2.18. The molecule has 2 aromatic rings. The molecule has 1 aliphatic carbocycles. The number of carbonyl (C=O) groups excluding carboxylic acids is 2. The first-order valence-corrected chi connectivity index (χ1v) is 8.60. The summed E-state index contributed by atoms with van der Waals surface area (Å²) in [7, 11) is 1.07. The molecule has 0 atom stereocenters. The van der Waals surface area contributed by atoms with Gasteiger partial charge in [-0.1, -0.05) is 24.3 Å². The van der Waals surface area contributed by atoms with E-state index in [2.05, 4.69) is 10.1 Å². The zero-order chi connectivity index (χ0) is 20.3. The number of nitrogens with one attached hydrogen (secondary N) is 1. The third-order valence-corrected chi connectivity index (χ3v) is 4.38. The van der Waals surface area contributed by atoms with Crippen LogP contribution in [-0.2, 0) is 22.3 Å². The molecule has 2 aromatic carbocycles. The molecule has 5 nitrogen and oxygen atoms in total. The highest BCUT2D eigenvalue weighted by molar-refractivity contribution is 5.92. The Kier molecular flexibility index (Phi) is 5.58. The summed E-state index contributed by atoms with van der Waals surface area (Å²) in [5.74, 6) is -0.304. The second kappa shape index (κ2) is 7.92. The zero-order valence-electron chi connectivity index (χ0n) is 15.0. The SMILES string of the molecule is COC(=O)c1ccc(NC(=O)OCc2ccc(C3CC3)cc2)c(C(F)(F)F)c1. The lowest BCUT2D eigenvalue weighted by molar-refractivity contribution is -0.136. The van der Waals surface area contributed by atoms with Crippen molar-refractivity contribution >= 4 is 17.7 Å². The van der Waals surface area contributed by atoms with E-state index in [1.165, 1.54) is 18.4 Å². The predicted molar refractivity (Wildman–Crippen MR) is 95.0 cm³/mol. The van der Waals surface area contributed by atoms with Crippen LogP contribution >= 0.6 is 0 Å². The fourth-order valence-electron chi connectivity index (χ4n) is 2.73. The molecule has 0 spiro atoms. The van der Waals surface area contributed by atoms with Crippen molar-refractivity contribution in [2.75, 3.05) is 12.4 Å². The Bertz CT molecular complexity index is 874. The minimum atomic E-state index is -4.77. The molecule has 1 saturated carbocycles. The molecule has 28 heavy (non-hydrogen) atoms. The van der Waals surface area contributed by atoms with Gasteiger partial charge in [0.05, 0.1) is 23.9 Å². The van der Waals surface area contributed by atoms with Gasteiger partial charge in [0.25, 0.3) is 0 Å². The molecule has 0 bridgehead atoms. The van der Waals surface area contributed by atoms with Crippen molar-refractivity contribution in [2.24, 2.45) is 0 Å². The smallest absolute Gasteiger partial charge is 0.418 e. The van der Waals surface area contributed by atoms with Crippen molar-refractivity contribution < 1.29 is 32.2 Å². The van der Waals surface area contributed by atoms with Crippen molar-refractivity contribution in [3.8, 4) is 0 Å². The number of halogens is 3. The molecule has 0 saturated heterocycles. The van der Waals surface area contributed by atoms with Gasteiger partial charge in [0.15, 0.2) is 0 Å². The highest BCUT2D eigenvalue weighted by Crippen LogP contribution is 2.40. The van der Waals surface area contributed by atoms with Gasteiger partial charge in [-0.15, -0.1) is 0 Å². The normalized spacial score (nSPS) is 13.7. The summed E-state index contributed by atoms with van der Waals surface area (Å²) in [4.78, 5) is 23.4. The van der Waals surface area contributed by atoms with E-state index in [9.17, 15) is 22.8 Å². The zero-order valence-corrected chi connectivity index (χ0v) is 15.0. The quantitative estimate of drug-likeness (QED) is 0.717. The van der Waals surface area contributed by atoms with Crippen LogP contribution in [0.4, 0.5) is 23.7 Å². The number of hydrogen-bond donors (Lipinski definition) is 1. The monoisotopic (exact) mass is 393 g/mol. The van der Waals surface area contributed by atoms with E-state index in [4.69, 9.17) is 4.74 Å². The summed E-state index contributed by atoms with van der Waals surface area (Å²) >= 11 is 0. The number of hydrogen-bond acceptors (Lipinski definition) is 4. The fourth-order valence-corrected chi connectivity index (χ4v) is 2.73. The number of rotatable bonds is 5. The van der Waals surface area contributed by atoms with Crippen molar-refractivity contribution in [1.29, 1.82) is 0 Å². The van der Waals surface area contributed by atoms with Crippen LogP contribution in [0, 0.1) is 0 Å². The second-order valence-corrected chi connectivity index (χ2v) is 6.47. The summed E-state index contributed by atoms with van der Waals surface area (Å²) < 4.78 is 49.2. The molecule has 1 aliphatic rings. The van der Waals surface area contributed by atoms with Crippen LogP contribution in [0.2, 0.25) is 0 Å². The minimum Gasteiger partial charge on any atom is -0.465 e. The number of esters is 1. The third kappa shape index (κ3) is 4.82. The van der Waals surface area contributed by atoms with Crippen LogP contribution in [0.1, 0.15) is 45.8 Å². The number of carbonyl (C=O) groups is 2. The third-order valence-electron chi connectivity index (χ3n) is 4.38. The molecule has 3 rings (SSSR count). The molecule has 0 radical (unpaired) electrons. The van der Waals surface area contributed by atoms with Gasteiger partial charge in [0, 0.05) is 0 Å². The van der Waals surface area contributed by atoms with Gasteiger partial charge in [-0.3, -0.25) is 5.32 Å². The number of anilines is 1. The lowest BCUT2D eigenvalue weighted by atomic mass is 10.1. The molecular formula is C20H18F3NO4. The van der Waals surface area contributed by atoms with E-state index in [0.29, 0.717) is 12.0 Å². The number of alkyl halides is 3. The summed E-state index contributed by atoms with van der Waals surface area (Å²) in [5.41, 5.74) is 0.0187. The van der Waals surface area contributed by atoms with Crippen LogP contribution in [-0.4, -0.2) is 19.2 Å². The molecule has 148 valence electrons. The standard InChI is InChI=1S/C20H18F3NO4/c1-27-18(25)15-8-9-17(16(10-15)20(21,22)23)24-19(26)28-11-12-2-4-13(5-3-12)14-6-7-14/h2-5,8-10,14H,6-7,11H2,1H3,(H,24,26). The van der Waals surface area contributed by atoms with E-state index in [0.717, 1.165) is 24.8 Å². The molecular weight excluding hydrogens is 375 g/mol. The Morgan fingerprint density at radius 3 is 2.36 bits per heavy atom. The minimum absolute atomic E-state index is 0.0711. The molecule has 8 heteroatoms. The van der Waals surface area contributed by atoms with Gasteiger partial charge in [0.2, 0.25) is 0 Å². The van der Waals surface area contributed by atoms with E-state index in [1.807, 2.05) is 24.3 Å². The summed E-state index contributed by atoms with van der Waals surface area (Å²) in [6.45, 7) is -0.0711. The lowest BCUT2D eigenvalue weighted by Gasteiger charge is -2.15. The average molecular weight is 393 g/mol. The van der Waals surface area contributed by atoms with Crippen molar-refractivity contribution in [3.05, 3.63) is 64.7 Å². The van der Waals surface area contributed by atoms with Gasteiger partial charge in [0.1, 0.15) is 6.61 Å².